The summed E-state index contributed by atoms with van der Waals surface area (Å²) < 4.78 is 5.10. The second-order valence-electron chi connectivity index (χ2n) is 6.45. The van der Waals surface area contributed by atoms with Gasteiger partial charge in [-0.1, -0.05) is 29.3 Å². The lowest BCUT2D eigenvalue weighted by molar-refractivity contribution is -0.150. The van der Waals surface area contributed by atoms with Gasteiger partial charge >= 0.3 is 5.97 Å². The highest BCUT2D eigenvalue weighted by molar-refractivity contribution is 6.44. The largest absolute Gasteiger partial charge is 0.466 e. The van der Waals surface area contributed by atoms with Crippen molar-refractivity contribution in [1.82, 2.24) is 4.90 Å². The number of piperidine rings is 1. The maximum Gasteiger partial charge on any atom is 0.310 e. The highest BCUT2D eigenvalue weighted by Crippen LogP contribution is 2.36. The monoisotopic (exact) mass is 398 g/mol. The van der Waals surface area contributed by atoms with Crippen LogP contribution in [0.15, 0.2) is 18.2 Å². The lowest BCUT2D eigenvalue weighted by atomic mass is 9.96. The average molecular weight is 399 g/mol. The summed E-state index contributed by atoms with van der Waals surface area (Å²) in [6.45, 7) is 3.18. The Balaban J connectivity index is 1.78. The van der Waals surface area contributed by atoms with Crippen LogP contribution in [0.2, 0.25) is 10.0 Å². The molecule has 0 aromatic heterocycles. The number of hydrogen-bond donors (Lipinski definition) is 0. The molecule has 2 aliphatic heterocycles. The number of hydrogen-bond acceptors (Lipinski definition) is 5. The summed E-state index contributed by atoms with van der Waals surface area (Å²) in [4.78, 5) is 40.5. The van der Waals surface area contributed by atoms with Crippen LogP contribution >= 0.6 is 23.2 Å². The van der Waals surface area contributed by atoms with Gasteiger partial charge in [-0.15, -0.1) is 0 Å². The van der Waals surface area contributed by atoms with Gasteiger partial charge in [-0.05, 0) is 38.4 Å². The Bertz CT molecular complexity index is 740. The van der Waals surface area contributed by atoms with E-state index in [2.05, 4.69) is 0 Å². The lowest BCUT2D eigenvalue weighted by Gasteiger charge is -2.34. The summed E-state index contributed by atoms with van der Waals surface area (Å²) in [7, 11) is 0. The minimum atomic E-state index is -0.588. The Morgan fingerprint density at radius 2 is 2.08 bits per heavy atom. The molecule has 0 aliphatic carbocycles. The Morgan fingerprint density at radius 3 is 2.81 bits per heavy atom. The number of nitrogens with zero attached hydrogens (tertiary/aromatic N) is 2. The normalized spacial score (nSPS) is 24.2. The second-order valence-corrected chi connectivity index (χ2v) is 7.23. The number of halogens is 2. The van der Waals surface area contributed by atoms with Crippen LogP contribution in [0, 0.1) is 5.92 Å². The molecule has 0 radical (unpaired) electrons. The smallest absolute Gasteiger partial charge is 0.310 e. The molecule has 2 saturated heterocycles. The van der Waals surface area contributed by atoms with Crippen LogP contribution in [0.1, 0.15) is 26.2 Å². The number of ether oxygens (including phenoxy) is 1. The number of carbonyl (C=O) groups is 3. The molecule has 2 fully saturated rings. The van der Waals surface area contributed by atoms with E-state index in [1.807, 2.05) is 4.90 Å². The molecule has 3 rings (SSSR count). The Kier molecular flexibility index (Phi) is 5.85. The zero-order valence-electron chi connectivity index (χ0n) is 14.4. The van der Waals surface area contributed by atoms with Gasteiger partial charge in [-0.3, -0.25) is 19.3 Å². The van der Waals surface area contributed by atoms with Crippen LogP contribution in [0.25, 0.3) is 0 Å². The topological polar surface area (TPSA) is 66.9 Å². The second kappa shape index (κ2) is 7.94. The van der Waals surface area contributed by atoms with Crippen LogP contribution in [0.5, 0.6) is 0 Å². The molecule has 2 atom stereocenters. The van der Waals surface area contributed by atoms with E-state index in [0.717, 1.165) is 17.7 Å². The summed E-state index contributed by atoms with van der Waals surface area (Å²) in [5, 5.41) is 0.466. The van der Waals surface area contributed by atoms with Crippen molar-refractivity contribution in [3.63, 3.8) is 0 Å². The van der Waals surface area contributed by atoms with Crippen molar-refractivity contribution in [1.29, 1.82) is 0 Å². The molecule has 1 aromatic carbocycles. The fraction of sp³-hybridized carbons (Fsp3) is 0.500. The summed E-state index contributed by atoms with van der Waals surface area (Å²) in [5.74, 6) is -1.16. The first-order valence-corrected chi connectivity index (χ1v) is 9.41. The molecule has 140 valence electrons. The third-order valence-electron chi connectivity index (χ3n) is 4.81. The van der Waals surface area contributed by atoms with Gasteiger partial charge in [0.25, 0.3) is 5.91 Å². The van der Waals surface area contributed by atoms with Crippen molar-refractivity contribution in [3.8, 4) is 0 Å². The molecule has 0 N–H and O–H groups in total. The fourth-order valence-corrected chi connectivity index (χ4v) is 3.94. The van der Waals surface area contributed by atoms with Crippen molar-refractivity contribution < 1.29 is 19.1 Å². The van der Waals surface area contributed by atoms with Crippen LogP contribution < -0.4 is 4.90 Å². The molecule has 2 aliphatic rings. The highest BCUT2D eigenvalue weighted by Gasteiger charge is 2.45. The van der Waals surface area contributed by atoms with Crippen LogP contribution in [0.3, 0.4) is 0 Å². The number of carbonyl (C=O) groups excluding carboxylic acids is 3. The lowest BCUT2D eigenvalue weighted by Crippen LogP contribution is -2.48. The van der Waals surface area contributed by atoms with E-state index in [1.165, 1.54) is 0 Å². The molecule has 2 heterocycles. The molecule has 0 unspecified atom stereocenters. The molecule has 0 spiro atoms. The maximum atomic E-state index is 12.9. The first-order chi connectivity index (χ1) is 12.4. The van der Waals surface area contributed by atoms with Gasteiger partial charge in [-0.2, -0.15) is 0 Å². The Hall–Kier alpha value is -1.63. The van der Waals surface area contributed by atoms with E-state index in [0.29, 0.717) is 25.4 Å². The molecule has 1 aromatic rings. The number of anilines is 1. The van der Waals surface area contributed by atoms with Crippen molar-refractivity contribution in [2.75, 3.05) is 24.6 Å². The summed E-state index contributed by atoms with van der Waals surface area (Å²) in [6.07, 6.45) is 1.57. The predicted molar refractivity (Wildman–Crippen MR) is 98.3 cm³/mol. The fourth-order valence-electron chi connectivity index (χ4n) is 3.56. The van der Waals surface area contributed by atoms with Crippen LogP contribution in [0.4, 0.5) is 5.69 Å². The standard InChI is InChI=1S/C18H20Cl2N2O4/c1-2-26-18(25)11-5-4-8-21(10-11)14-9-15(23)22(17(14)24)13-7-3-6-12(19)16(13)20/h3,6-7,11,14H,2,4-5,8-10H2,1H3/t11-,14+/m1/s1. The number of imide groups is 1. The number of likely N-dealkylation sites (tertiary alicyclic amines) is 1. The third kappa shape index (κ3) is 3.59. The van der Waals surface area contributed by atoms with Gasteiger partial charge in [0.2, 0.25) is 5.91 Å². The first-order valence-electron chi connectivity index (χ1n) is 8.65. The number of esters is 1. The maximum absolute atomic E-state index is 12.9. The predicted octanol–water partition coefficient (Wildman–Crippen LogP) is 2.90. The number of amides is 2. The molecule has 0 bridgehead atoms. The summed E-state index contributed by atoms with van der Waals surface area (Å²) in [5.41, 5.74) is 0.301. The Morgan fingerprint density at radius 1 is 1.31 bits per heavy atom. The van der Waals surface area contributed by atoms with Crippen molar-refractivity contribution >= 4 is 46.7 Å². The van der Waals surface area contributed by atoms with Crippen molar-refractivity contribution in [2.24, 2.45) is 5.92 Å². The molecular weight excluding hydrogens is 379 g/mol. The SMILES string of the molecule is CCOC(=O)[C@@H]1CCCN([C@H]2CC(=O)N(c3cccc(Cl)c3Cl)C2=O)C1. The minimum absolute atomic E-state index is 0.0667. The summed E-state index contributed by atoms with van der Waals surface area (Å²) in [6, 6.07) is 4.26. The number of benzene rings is 1. The van der Waals surface area contributed by atoms with Gasteiger partial charge in [0, 0.05) is 6.54 Å². The van der Waals surface area contributed by atoms with Gasteiger partial charge in [0.05, 0.1) is 40.7 Å². The van der Waals surface area contributed by atoms with E-state index in [-0.39, 0.29) is 40.2 Å². The quantitative estimate of drug-likeness (QED) is 0.576. The van der Waals surface area contributed by atoms with E-state index in [9.17, 15) is 14.4 Å². The molecule has 2 amide bonds. The molecule has 8 heteroatoms. The van der Waals surface area contributed by atoms with Crippen molar-refractivity contribution in [2.45, 2.75) is 32.2 Å². The zero-order chi connectivity index (χ0) is 18.8. The van der Waals surface area contributed by atoms with E-state index in [1.54, 1.807) is 25.1 Å². The Labute approximate surface area is 162 Å². The highest BCUT2D eigenvalue weighted by atomic mass is 35.5. The van der Waals surface area contributed by atoms with Gasteiger partial charge in [-0.25, -0.2) is 4.90 Å². The zero-order valence-corrected chi connectivity index (χ0v) is 15.9. The molecule has 6 nitrogen and oxygen atoms in total. The van der Waals surface area contributed by atoms with Gasteiger partial charge in [0.1, 0.15) is 0 Å². The summed E-state index contributed by atoms with van der Waals surface area (Å²) >= 11 is 12.2. The number of rotatable bonds is 4. The molecule has 26 heavy (non-hydrogen) atoms. The minimum Gasteiger partial charge on any atom is -0.466 e. The van der Waals surface area contributed by atoms with Crippen LogP contribution in [-0.2, 0) is 19.1 Å². The third-order valence-corrected chi connectivity index (χ3v) is 5.62. The first kappa shape index (κ1) is 19.1. The van der Waals surface area contributed by atoms with Gasteiger partial charge in [0.15, 0.2) is 0 Å². The van der Waals surface area contributed by atoms with E-state index in [4.69, 9.17) is 27.9 Å². The average Bonchev–Trinajstić information content (AvgIpc) is 2.92. The molecule has 0 saturated carbocycles. The van der Waals surface area contributed by atoms with Crippen LogP contribution in [-0.4, -0.2) is 48.4 Å². The van der Waals surface area contributed by atoms with E-state index >= 15 is 0 Å². The molecular formula is C18H20Cl2N2O4. The van der Waals surface area contributed by atoms with E-state index < -0.39 is 6.04 Å². The van der Waals surface area contributed by atoms with Crippen molar-refractivity contribution in [3.05, 3.63) is 28.2 Å². The van der Waals surface area contributed by atoms with Gasteiger partial charge < -0.3 is 4.74 Å².